The van der Waals surface area contributed by atoms with Gasteiger partial charge in [-0.3, -0.25) is 4.79 Å². The number of amides is 1. The van der Waals surface area contributed by atoms with Gasteiger partial charge in [0.15, 0.2) is 0 Å². The molecule has 0 fully saturated rings. The lowest BCUT2D eigenvalue weighted by Crippen LogP contribution is -2.17. The lowest BCUT2D eigenvalue weighted by molar-refractivity contribution is -0.115. The summed E-state index contributed by atoms with van der Waals surface area (Å²) in [5.74, 6) is 0.0392. The van der Waals surface area contributed by atoms with Crippen LogP contribution in [0, 0.1) is 34.6 Å². The Balaban J connectivity index is 1.91. The molecule has 3 heteroatoms. The predicted octanol–water partition coefficient (Wildman–Crippen LogP) is 4.67. The SMILES string of the molecule is Cc1ccc(NCCC(=O)Nc2c(C)cc(C)cc2C)c(C)c1. The molecule has 0 heterocycles. The van der Waals surface area contributed by atoms with Crippen molar-refractivity contribution in [3.63, 3.8) is 0 Å². The number of hydrogen-bond donors (Lipinski definition) is 2. The van der Waals surface area contributed by atoms with Gasteiger partial charge < -0.3 is 10.6 Å². The fraction of sp³-hybridized carbons (Fsp3) is 0.350. The van der Waals surface area contributed by atoms with Crippen molar-refractivity contribution in [2.45, 2.75) is 41.0 Å². The van der Waals surface area contributed by atoms with Crippen LogP contribution in [0.5, 0.6) is 0 Å². The van der Waals surface area contributed by atoms with Crippen LogP contribution in [0.15, 0.2) is 30.3 Å². The summed E-state index contributed by atoms with van der Waals surface area (Å²) in [6.45, 7) is 10.9. The van der Waals surface area contributed by atoms with Crippen LogP contribution in [0.25, 0.3) is 0 Å². The Labute approximate surface area is 139 Å². The summed E-state index contributed by atoms with van der Waals surface area (Å²) < 4.78 is 0. The van der Waals surface area contributed by atoms with E-state index in [0.717, 1.165) is 22.5 Å². The second-order valence-electron chi connectivity index (χ2n) is 6.32. The van der Waals surface area contributed by atoms with Gasteiger partial charge in [-0.25, -0.2) is 0 Å². The molecule has 0 atom stereocenters. The van der Waals surface area contributed by atoms with Crippen molar-refractivity contribution in [2.75, 3.05) is 17.2 Å². The number of carbonyl (C=O) groups is 1. The van der Waals surface area contributed by atoms with Gasteiger partial charge in [0, 0.05) is 24.3 Å². The zero-order valence-corrected chi connectivity index (χ0v) is 14.7. The molecule has 1 amide bonds. The van der Waals surface area contributed by atoms with Crippen molar-refractivity contribution in [3.8, 4) is 0 Å². The molecule has 2 N–H and O–H groups in total. The maximum absolute atomic E-state index is 12.2. The number of nitrogens with one attached hydrogen (secondary N) is 2. The van der Waals surface area contributed by atoms with Crippen LogP contribution in [0.1, 0.15) is 34.2 Å². The highest BCUT2D eigenvalue weighted by atomic mass is 16.1. The molecule has 0 unspecified atom stereocenters. The van der Waals surface area contributed by atoms with Gasteiger partial charge in [-0.1, -0.05) is 35.4 Å². The molecule has 0 saturated carbocycles. The Kier molecular flexibility index (Phi) is 5.43. The van der Waals surface area contributed by atoms with Crippen molar-refractivity contribution in [1.82, 2.24) is 0 Å². The van der Waals surface area contributed by atoms with Crippen LogP contribution in [-0.4, -0.2) is 12.5 Å². The first-order valence-corrected chi connectivity index (χ1v) is 8.05. The minimum atomic E-state index is 0.0392. The van der Waals surface area contributed by atoms with Gasteiger partial charge in [0.25, 0.3) is 0 Å². The largest absolute Gasteiger partial charge is 0.384 e. The average Bonchev–Trinajstić information content (AvgIpc) is 2.45. The van der Waals surface area contributed by atoms with Crippen molar-refractivity contribution < 1.29 is 4.79 Å². The summed E-state index contributed by atoms with van der Waals surface area (Å²) in [5.41, 5.74) is 7.91. The fourth-order valence-electron chi connectivity index (χ4n) is 2.90. The number of aryl methyl sites for hydroxylation is 5. The summed E-state index contributed by atoms with van der Waals surface area (Å²) >= 11 is 0. The Morgan fingerprint density at radius 3 is 2.09 bits per heavy atom. The number of hydrogen-bond acceptors (Lipinski definition) is 2. The summed E-state index contributed by atoms with van der Waals surface area (Å²) in [6.07, 6.45) is 0.445. The highest BCUT2D eigenvalue weighted by molar-refractivity contribution is 5.92. The molecule has 0 radical (unpaired) electrons. The van der Waals surface area contributed by atoms with E-state index >= 15 is 0 Å². The van der Waals surface area contributed by atoms with Crippen LogP contribution in [-0.2, 0) is 4.79 Å². The van der Waals surface area contributed by atoms with E-state index in [0.29, 0.717) is 13.0 Å². The summed E-state index contributed by atoms with van der Waals surface area (Å²) in [7, 11) is 0. The lowest BCUT2D eigenvalue weighted by Gasteiger charge is -2.14. The highest BCUT2D eigenvalue weighted by Gasteiger charge is 2.08. The van der Waals surface area contributed by atoms with Crippen molar-refractivity contribution in [1.29, 1.82) is 0 Å². The lowest BCUT2D eigenvalue weighted by atomic mass is 10.0. The molecule has 0 aliphatic heterocycles. The smallest absolute Gasteiger partial charge is 0.226 e. The summed E-state index contributed by atoms with van der Waals surface area (Å²) in [4.78, 5) is 12.2. The van der Waals surface area contributed by atoms with E-state index in [-0.39, 0.29) is 5.91 Å². The Hall–Kier alpha value is -2.29. The number of anilines is 2. The van der Waals surface area contributed by atoms with Crippen molar-refractivity contribution >= 4 is 17.3 Å². The third kappa shape index (κ3) is 4.59. The summed E-state index contributed by atoms with van der Waals surface area (Å²) in [5, 5.41) is 6.37. The maximum Gasteiger partial charge on any atom is 0.226 e. The molecule has 122 valence electrons. The number of benzene rings is 2. The topological polar surface area (TPSA) is 41.1 Å². The van der Waals surface area contributed by atoms with Gasteiger partial charge in [0.05, 0.1) is 0 Å². The molecule has 3 nitrogen and oxygen atoms in total. The molecular formula is C20H26N2O. The van der Waals surface area contributed by atoms with Crippen LogP contribution in [0.3, 0.4) is 0 Å². The van der Waals surface area contributed by atoms with E-state index in [1.807, 2.05) is 13.8 Å². The van der Waals surface area contributed by atoms with E-state index < -0.39 is 0 Å². The monoisotopic (exact) mass is 310 g/mol. The van der Waals surface area contributed by atoms with E-state index in [2.05, 4.69) is 61.7 Å². The first kappa shape index (κ1) is 17.1. The number of rotatable bonds is 5. The normalized spacial score (nSPS) is 10.5. The minimum Gasteiger partial charge on any atom is -0.384 e. The van der Waals surface area contributed by atoms with E-state index in [4.69, 9.17) is 0 Å². The second-order valence-corrected chi connectivity index (χ2v) is 6.32. The van der Waals surface area contributed by atoms with Gasteiger partial charge in [-0.15, -0.1) is 0 Å². The molecule has 2 aromatic carbocycles. The molecule has 23 heavy (non-hydrogen) atoms. The Morgan fingerprint density at radius 1 is 0.870 bits per heavy atom. The van der Waals surface area contributed by atoms with Crippen LogP contribution < -0.4 is 10.6 Å². The average molecular weight is 310 g/mol. The minimum absolute atomic E-state index is 0.0392. The molecule has 0 spiro atoms. The molecular weight excluding hydrogens is 284 g/mol. The van der Waals surface area contributed by atoms with Gasteiger partial charge in [0.1, 0.15) is 0 Å². The highest BCUT2D eigenvalue weighted by Crippen LogP contribution is 2.22. The van der Waals surface area contributed by atoms with Gasteiger partial charge in [0.2, 0.25) is 5.91 Å². The van der Waals surface area contributed by atoms with Gasteiger partial charge in [-0.2, -0.15) is 0 Å². The molecule has 0 saturated heterocycles. The summed E-state index contributed by atoms with van der Waals surface area (Å²) in [6, 6.07) is 10.5. The van der Waals surface area contributed by atoms with E-state index in [9.17, 15) is 4.79 Å². The fourth-order valence-corrected chi connectivity index (χ4v) is 2.90. The molecule has 2 aromatic rings. The Morgan fingerprint density at radius 2 is 1.48 bits per heavy atom. The number of carbonyl (C=O) groups excluding carboxylic acids is 1. The predicted molar refractivity (Wildman–Crippen MR) is 98.3 cm³/mol. The van der Waals surface area contributed by atoms with Crippen LogP contribution in [0.2, 0.25) is 0 Å². The van der Waals surface area contributed by atoms with E-state index in [1.54, 1.807) is 0 Å². The molecule has 0 aliphatic carbocycles. The molecule has 0 bridgehead atoms. The van der Waals surface area contributed by atoms with Gasteiger partial charge >= 0.3 is 0 Å². The van der Waals surface area contributed by atoms with E-state index in [1.165, 1.54) is 16.7 Å². The molecule has 0 aromatic heterocycles. The van der Waals surface area contributed by atoms with Crippen LogP contribution in [0.4, 0.5) is 11.4 Å². The second kappa shape index (κ2) is 7.32. The van der Waals surface area contributed by atoms with Gasteiger partial charge in [-0.05, 0) is 57.4 Å². The van der Waals surface area contributed by atoms with Crippen LogP contribution >= 0.6 is 0 Å². The third-order valence-corrected chi connectivity index (χ3v) is 3.99. The zero-order valence-electron chi connectivity index (χ0n) is 14.7. The zero-order chi connectivity index (χ0) is 17.0. The van der Waals surface area contributed by atoms with Crippen molar-refractivity contribution in [2.24, 2.45) is 0 Å². The first-order valence-electron chi connectivity index (χ1n) is 8.05. The maximum atomic E-state index is 12.2. The standard InChI is InChI=1S/C20H26N2O/c1-13-6-7-18(15(3)10-13)21-9-8-19(23)22-20-16(4)11-14(2)12-17(20)5/h6-7,10-12,21H,8-9H2,1-5H3,(H,22,23). The quantitative estimate of drug-likeness (QED) is 0.842. The molecule has 0 aliphatic rings. The third-order valence-electron chi connectivity index (χ3n) is 3.99. The first-order chi connectivity index (χ1) is 10.9. The molecule has 2 rings (SSSR count). The Bertz CT molecular complexity index is 697. The van der Waals surface area contributed by atoms with Crippen molar-refractivity contribution in [3.05, 3.63) is 58.1 Å².